The highest BCUT2D eigenvalue weighted by molar-refractivity contribution is 5.83. The maximum absolute atomic E-state index is 12.7. The third-order valence-corrected chi connectivity index (χ3v) is 3.27. The van der Waals surface area contributed by atoms with E-state index in [0.717, 1.165) is 25.0 Å². The lowest BCUT2D eigenvalue weighted by atomic mass is 9.94. The molecule has 0 bridgehead atoms. The van der Waals surface area contributed by atoms with E-state index in [4.69, 9.17) is 5.73 Å². The van der Waals surface area contributed by atoms with Crippen LogP contribution in [0.5, 0.6) is 0 Å². The van der Waals surface area contributed by atoms with Crippen LogP contribution in [0.15, 0.2) is 24.3 Å². The van der Waals surface area contributed by atoms with Gasteiger partial charge in [0, 0.05) is 6.54 Å². The summed E-state index contributed by atoms with van der Waals surface area (Å²) in [5, 5.41) is 2.75. The normalized spacial score (nSPS) is 13.0. The number of hydrogen-bond acceptors (Lipinski definition) is 2. The van der Waals surface area contributed by atoms with Crippen molar-refractivity contribution in [3.05, 3.63) is 35.4 Å². The monoisotopic (exact) mass is 302 g/mol. The third kappa shape index (κ3) is 5.38. The molecule has 1 atom stereocenters. The van der Waals surface area contributed by atoms with Crippen molar-refractivity contribution in [2.24, 2.45) is 5.73 Å². The summed E-state index contributed by atoms with van der Waals surface area (Å²) in [6, 6.07) is 4.95. The van der Waals surface area contributed by atoms with Gasteiger partial charge in [0.1, 0.15) is 0 Å². The number of hydrogen-bond donors (Lipinski definition) is 2. The molecule has 1 aromatic carbocycles. The smallest absolute Gasteiger partial charge is 0.356 e. The molecular weight excluding hydrogens is 281 g/mol. The molecule has 3 nitrogen and oxygen atoms in total. The number of benzene rings is 1. The maximum Gasteiger partial charge on any atom is 0.416 e. The highest BCUT2D eigenvalue weighted by atomic mass is 19.4. The Labute approximate surface area is 122 Å². The van der Waals surface area contributed by atoms with Gasteiger partial charge in [-0.25, -0.2) is 0 Å². The molecule has 0 aliphatic carbocycles. The largest absolute Gasteiger partial charge is 0.416 e. The summed E-state index contributed by atoms with van der Waals surface area (Å²) in [6.07, 6.45) is -2.38. The number of carbonyl (C=O) groups is 1. The van der Waals surface area contributed by atoms with Gasteiger partial charge in [0.2, 0.25) is 5.91 Å². The van der Waals surface area contributed by atoms with Crippen LogP contribution in [0.1, 0.15) is 43.2 Å². The van der Waals surface area contributed by atoms with Crippen LogP contribution in [0.3, 0.4) is 0 Å². The molecular formula is C15H21F3N2O. The van der Waals surface area contributed by atoms with Crippen molar-refractivity contribution in [1.82, 2.24) is 5.32 Å². The molecule has 0 heterocycles. The van der Waals surface area contributed by atoms with Crippen molar-refractivity contribution in [2.75, 3.05) is 13.1 Å². The molecule has 0 fully saturated rings. The van der Waals surface area contributed by atoms with Gasteiger partial charge in [-0.15, -0.1) is 0 Å². The first-order valence-electron chi connectivity index (χ1n) is 7.05. The van der Waals surface area contributed by atoms with E-state index >= 15 is 0 Å². The average molecular weight is 302 g/mol. The second-order valence-corrected chi connectivity index (χ2v) is 4.87. The summed E-state index contributed by atoms with van der Waals surface area (Å²) in [5.74, 6) is -0.806. The number of alkyl halides is 3. The molecule has 0 aliphatic rings. The molecule has 6 heteroatoms. The minimum Gasteiger partial charge on any atom is -0.356 e. The standard InChI is InChI=1S/C15H21F3N2O/c1-2-13(14(21)20-9-4-3-8-19)11-6-5-7-12(10-11)15(16,17)18/h5-7,10,13H,2-4,8-9,19H2,1H3,(H,20,21). The fraction of sp³-hybridized carbons (Fsp3) is 0.533. The predicted molar refractivity (Wildman–Crippen MR) is 75.8 cm³/mol. The molecule has 1 unspecified atom stereocenters. The zero-order chi connectivity index (χ0) is 15.9. The fourth-order valence-corrected chi connectivity index (χ4v) is 2.11. The highest BCUT2D eigenvalue weighted by Gasteiger charge is 2.31. The number of nitrogens with one attached hydrogen (secondary N) is 1. The maximum atomic E-state index is 12.7. The van der Waals surface area contributed by atoms with Gasteiger partial charge in [0.15, 0.2) is 0 Å². The lowest BCUT2D eigenvalue weighted by Gasteiger charge is -2.17. The SMILES string of the molecule is CCC(C(=O)NCCCCN)c1cccc(C(F)(F)F)c1. The number of amides is 1. The number of nitrogens with two attached hydrogens (primary N) is 1. The van der Waals surface area contributed by atoms with Crippen LogP contribution in [-0.4, -0.2) is 19.0 Å². The van der Waals surface area contributed by atoms with Crippen molar-refractivity contribution in [3.63, 3.8) is 0 Å². The Morgan fingerprint density at radius 3 is 2.62 bits per heavy atom. The second-order valence-electron chi connectivity index (χ2n) is 4.87. The van der Waals surface area contributed by atoms with Crippen LogP contribution in [0.4, 0.5) is 13.2 Å². The van der Waals surface area contributed by atoms with Gasteiger partial charge in [-0.2, -0.15) is 13.2 Å². The molecule has 0 aliphatic heterocycles. The van der Waals surface area contributed by atoms with Crippen molar-refractivity contribution in [2.45, 2.75) is 38.3 Å². The Morgan fingerprint density at radius 2 is 2.05 bits per heavy atom. The zero-order valence-electron chi connectivity index (χ0n) is 12.0. The lowest BCUT2D eigenvalue weighted by Crippen LogP contribution is -2.30. The summed E-state index contributed by atoms with van der Waals surface area (Å²) in [5.41, 5.74) is 5.03. The Morgan fingerprint density at radius 1 is 1.33 bits per heavy atom. The van der Waals surface area contributed by atoms with E-state index in [1.165, 1.54) is 6.07 Å². The van der Waals surface area contributed by atoms with Crippen molar-refractivity contribution in [3.8, 4) is 0 Å². The quantitative estimate of drug-likeness (QED) is 0.761. The molecule has 0 saturated heterocycles. The molecule has 0 spiro atoms. The molecule has 0 saturated carbocycles. The Bertz CT molecular complexity index is 460. The third-order valence-electron chi connectivity index (χ3n) is 3.27. The molecule has 1 aromatic rings. The Hall–Kier alpha value is -1.56. The minimum atomic E-state index is -4.40. The summed E-state index contributed by atoms with van der Waals surface area (Å²) in [6.45, 7) is 2.83. The molecule has 0 radical (unpaired) electrons. The van der Waals surface area contributed by atoms with E-state index < -0.39 is 17.7 Å². The molecule has 118 valence electrons. The zero-order valence-corrected chi connectivity index (χ0v) is 12.0. The highest BCUT2D eigenvalue weighted by Crippen LogP contribution is 2.31. The second kappa shape index (κ2) is 8.02. The van der Waals surface area contributed by atoms with Gasteiger partial charge in [0.25, 0.3) is 0 Å². The number of rotatable bonds is 7. The molecule has 1 rings (SSSR count). The van der Waals surface area contributed by atoms with Gasteiger partial charge in [-0.1, -0.05) is 25.1 Å². The van der Waals surface area contributed by atoms with Crippen molar-refractivity contribution >= 4 is 5.91 Å². The van der Waals surface area contributed by atoms with Crippen LogP contribution < -0.4 is 11.1 Å². The molecule has 3 N–H and O–H groups in total. The fourth-order valence-electron chi connectivity index (χ4n) is 2.11. The number of unbranched alkanes of at least 4 members (excludes halogenated alkanes) is 1. The van der Waals surface area contributed by atoms with Crippen molar-refractivity contribution < 1.29 is 18.0 Å². The van der Waals surface area contributed by atoms with Crippen LogP contribution in [0.2, 0.25) is 0 Å². The predicted octanol–water partition coefficient (Wildman–Crippen LogP) is 3.05. The first-order valence-corrected chi connectivity index (χ1v) is 7.05. The number of carbonyl (C=O) groups excluding carboxylic acids is 1. The minimum absolute atomic E-state index is 0.242. The number of halogens is 3. The van der Waals surface area contributed by atoms with Gasteiger partial charge in [-0.3, -0.25) is 4.79 Å². The first-order chi connectivity index (χ1) is 9.90. The topological polar surface area (TPSA) is 55.1 Å². The van der Waals surface area contributed by atoms with Gasteiger partial charge in [-0.05, 0) is 37.4 Å². The van der Waals surface area contributed by atoms with E-state index in [2.05, 4.69) is 5.32 Å². The summed E-state index contributed by atoms with van der Waals surface area (Å²) >= 11 is 0. The van der Waals surface area contributed by atoms with Crippen molar-refractivity contribution in [1.29, 1.82) is 0 Å². The van der Waals surface area contributed by atoms with Crippen LogP contribution in [0, 0.1) is 0 Å². The van der Waals surface area contributed by atoms with E-state index in [-0.39, 0.29) is 5.91 Å². The van der Waals surface area contributed by atoms with E-state index in [9.17, 15) is 18.0 Å². The first kappa shape index (κ1) is 17.5. The van der Waals surface area contributed by atoms with E-state index in [1.807, 2.05) is 0 Å². The Balaban J connectivity index is 2.78. The van der Waals surface area contributed by atoms with Crippen LogP contribution in [-0.2, 0) is 11.0 Å². The van der Waals surface area contributed by atoms with Crippen LogP contribution >= 0.6 is 0 Å². The van der Waals surface area contributed by atoms with Gasteiger partial charge in [0.05, 0.1) is 11.5 Å². The van der Waals surface area contributed by atoms with E-state index in [0.29, 0.717) is 25.1 Å². The summed E-state index contributed by atoms with van der Waals surface area (Å²) < 4.78 is 38.1. The van der Waals surface area contributed by atoms with Crippen LogP contribution in [0.25, 0.3) is 0 Å². The molecule has 0 aromatic heterocycles. The van der Waals surface area contributed by atoms with E-state index in [1.54, 1.807) is 13.0 Å². The Kier molecular flexibility index (Phi) is 6.68. The van der Waals surface area contributed by atoms with Gasteiger partial charge < -0.3 is 11.1 Å². The van der Waals surface area contributed by atoms with Gasteiger partial charge >= 0.3 is 6.18 Å². The average Bonchev–Trinajstić information content (AvgIpc) is 2.44. The molecule has 1 amide bonds. The summed E-state index contributed by atoms with van der Waals surface area (Å²) in [4.78, 5) is 12.1. The molecule has 21 heavy (non-hydrogen) atoms. The summed E-state index contributed by atoms with van der Waals surface area (Å²) in [7, 11) is 0. The lowest BCUT2D eigenvalue weighted by molar-refractivity contribution is -0.137.